The van der Waals surface area contributed by atoms with E-state index in [1.165, 1.54) is 0 Å². The zero-order chi connectivity index (χ0) is 8.54. The molecule has 0 spiro atoms. The summed E-state index contributed by atoms with van der Waals surface area (Å²) in [6.45, 7) is 6.35. The van der Waals surface area contributed by atoms with E-state index in [0.29, 0.717) is 0 Å². The monoisotopic (exact) mass is 158 g/mol. The summed E-state index contributed by atoms with van der Waals surface area (Å²) in [4.78, 5) is 0. The van der Waals surface area contributed by atoms with Gasteiger partial charge in [0.25, 0.3) is 0 Å². The van der Waals surface area contributed by atoms with Crippen LogP contribution in [0.5, 0.6) is 0 Å². The van der Waals surface area contributed by atoms with Crippen molar-refractivity contribution >= 4 is 0 Å². The molecule has 0 atom stereocenters. The van der Waals surface area contributed by atoms with E-state index in [2.05, 4.69) is 20.8 Å². The molecule has 1 fully saturated rings. The molecule has 0 aromatic heterocycles. The highest BCUT2D eigenvalue weighted by atomic mass is 19.1. The van der Waals surface area contributed by atoms with Gasteiger partial charge in [-0.3, -0.25) is 0 Å². The molecular formula is C10H19F. The fraction of sp³-hybridized carbons (Fsp3) is 1.00. The summed E-state index contributed by atoms with van der Waals surface area (Å²) < 4.78 is 13.8. The second-order valence-corrected chi connectivity index (χ2v) is 5.10. The van der Waals surface area contributed by atoms with Gasteiger partial charge >= 0.3 is 0 Å². The molecule has 0 heterocycles. The summed E-state index contributed by atoms with van der Waals surface area (Å²) >= 11 is 0. The number of halogens is 1. The third-order valence-electron chi connectivity index (χ3n) is 2.35. The Bertz CT molecular complexity index is 126. The lowest BCUT2D eigenvalue weighted by Crippen LogP contribution is -2.25. The Labute approximate surface area is 69.2 Å². The highest BCUT2D eigenvalue weighted by Gasteiger charge is 2.36. The van der Waals surface area contributed by atoms with Gasteiger partial charge in [-0.05, 0) is 24.7 Å². The molecule has 0 saturated heterocycles. The van der Waals surface area contributed by atoms with Gasteiger partial charge in [0.2, 0.25) is 0 Å². The minimum Gasteiger partial charge on any atom is -0.244 e. The topological polar surface area (TPSA) is 0 Å². The molecule has 0 aliphatic heterocycles. The zero-order valence-electron chi connectivity index (χ0n) is 7.91. The maximum Gasteiger partial charge on any atom is 0.111 e. The van der Waals surface area contributed by atoms with Crippen molar-refractivity contribution < 1.29 is 4.39 Å². The normalized spacial score (nSPS) is 24.0. The smallest absolute Gasteiger partial charge is 0.111 e. The van der Waals surface area contributed by atoms with E-state index in [9.17, 15) is 4.39 Å². The van der Waals surface area contributed by atoms with Crippen LogP contribution in [0.15, 0.2) is 0 Å². The third-order valence-corrected chi connectivity index (χ3v) is 2.35. The van der Waals surface area contributed by atoms with E-state index in [1.807, 2.05) is 0 Å². The van der Waals surface area contributed by atoms with Crippen LogP contribution in [0.1, 0.15) is 52.9 Å². The molecule has 1 heteroatoms. The Balaban J connectivity index is 2.46. The lowest BCUT2D eigenvalue weighted by Gasteiger charge is -2.28. The van der Waals surface area contributed by atoms with Crippen LogP contribution in [0.2, 0.25) is 0 Å². The van der Waals surface area contributed by atoms with Crippen LogP contribution in [-0.4, -0.2) is 5.67 Å². The largest absolute Gasteiger partial charge is 0.244 e. The highest BCUT2D eigenvalue weighted by molar-refractivity contribution is 4.88. The summed E-state index contributed by atoms with van der Waals surface area (Å²) in [5.74, 6) is 0. The molecule has 0 aromatic rings. The first-order valence-electron chi connectivity index (χ1n) is 4.60. The molecule has 66 valence electrons. The van der Waals surface area contributed by atoms with Gasteiger partial charge in [-0.1, -0.05) is 33.6 Å². The van der Waals surface area contributed by atoms with E-state index < -0.39 is 5.67 Å². The van der Waals surface area contributed by atoms with Gasteiger partial charge in [-0.15, -0.1) is 0 Å². The molecule has 1 aliphatic rings. The second kappa shape index (κ2) is 2.76. The summed E-state index contributed by atoms with van der Waals surface area (Å²) in [7, 11) is 0. The van der Waals surface area contributed by atoms with Crippen LogP contribution in [0.25, 0.3) is 0 Å². The first-order chi connectivity index (χ1) is 4.91. The van der Waals surface area contributed by atoms with Gasteiger partial charge < -0.3 is 0 Å². The molecular weight excluding hydrogens is 139 g/mol. The number of hydrogen-bond donors (Lipinski definition) is 0. The van der Waals surface area contributed by atoms with E-state index in [-0.39, 0.29) is 5.41 Å². The molecule has 0 amide bonds. The van der Waals surface area contributed by atoms with Crippen molar-refractivity contribution in [3.8, 4) is 0 Å². The predicted molar refractivity (Wildman–Crippen MR) is 46.4 cm³/mol. The van der Waals surface area contributed by atoms with Gasteiger partial charge in [-0.2, -0.15) is 0 Å². The second-order valence-electron chi connectivity index (χ2n) is 5.10. The average Bonchev–Trinajstić information content (AvgIpc) is 2.09. The standard InChI is InChI=1S/C10H19F/c1-9(2,3)8-10(11)6-4-5-7-10/h4-8H2,1-3H3. The molecule has 0 radical (unpaired) electrons. The molecule has 0 unspecified atom stereocenters. The maximum absolute atomic E-state index is 13.8. The van der Waals surface area contributed by atoms with Gasteiger partial charge in [0, 0.05) is 0 Å². The lowest BCUT2D eigenvalue weighted by atomic mass is 9.82. The van der Waals surface area contributed by atoms with Gasteiger partial charge in [0.1, 0.15) is 5.67 Å². The first kappa shape index (κ1) is 9.02. The molecule has 1 aliphatic carbocycles. The van der Waals surface area contributed by atoms with Crippen LogP contribution in [0.3, 0.4) is 0 Å². The van der Waals surface area contributed by atoms with Gasteiger partial charge in [-0.25, -0.2) is 4.39 Å². The van der Waals surface area contributed by atoms with Crippen molar-refractivity contribution in [3.63, 3.8) is 0 Å². The van der Waals surface area contributed by atoms with Gasteiger partial charge in [0.15, 0.2) is 0 Å². The number of rotatable bonds is 1. The highest BCUT2D eigenvalue weighted by Crippen LogP contribution is 2.41. The van der Waals surface area contributed by atoms with Crippen molar-refractivity contribution in [2.75, 3.05) is 0 Å². The Kier molecular flexibility index (Phi) is 2.27. The molecule has 0 nitrogen and oxygen atoms in total. The Morgan fingerprint density at radius 1 is 1.18 bits per heavy atom. The predicted octanol–water partition coefficient (Wildman–Crippen LogP) is 3.70. The van der Waals surface area contributed by atoms with E-state index in [4.69, 9.17) is 0 Å². The Hall–Kier alpha value is -0.0700. The van der Waals surface area contributed by atoms with Crippen LogP contribution < -0.4 is 0 Å². The van der Waals surface area contributed by atoms with Crippen molar-refractivity contribution in [2.45, 2.75) is 58.5 Å². The first-order valence-corrected chi connectivity index (χ1v) is 4.60. The molecule has 1 saturated carbocycles. The van der Waals surface area contributed by atoms with Crippen LogP contribution in [0.4, 0.5) is 4.39 Å². The van der Waals surface area contributed by atoms with E-state index in [1.54, 1.807) is 0 Å². The SMILES string of the molecule is CC(C)(C)CC1(F)CCCC1. The van der Waals surface area contributed by atoms with Crippen LogP contribution in [0, 0.1) is 5.41 Å². The van der Waals surface area contributed by atoms with E-state index in [0.717, 1.165) is 32.1 Å². The summed E-state index contributed by atoms with van der Waals surface area (Å²) in [6, 6.07) is 0. The summed E-state index contributed by atoms with van der Waals surface area (Å²) in [6.07, 6.45) is 4.51. The van der Waals surface area contributed by atoms with E-state index >= 15 is 0 Å². The minimum absolute atomic E-state index is 0.152. The Morgan fingerprint density at radius 2 is 1.64 bits per heavy atom. The lowest BCUT2D eigenvalue weighted by molar-refractivity contribution is 0.106. The quantitative estimate of drug-likeness (QED) is 0.545. The van der Waals surface area contributed by atoms with Crippen molar-refractivity contribution in [1.29, 1.82) is 0 Å². The van der Waals surface area contributed by atoms with Gasteiger partial charge in [0.05, 0.1) is 0 Å². The van der Waals surface area contributed by atoms with Crippen molar-refractivity contribution in [1.82, 2.24) is 0 Å². The Morgan fingerprint density at radius 3 is 2.00 bits per heavy atom. The fourth-order valence-electron chi connectivity index (χ4n) is 2.14. The zero-order valence-corrected chi connectivity index (χ0v) is 7.91. The minimum atomic E-state index is -0.821. The summed E-state index contributed by atoms with van der Waals surface area (Å²) in [5.41, 5.74) is -0.669. The third kappa shape index (κ3) is 2.80. The molecule has 11 heavy (non-hydrogen) atoms. The van der Waals surface area contributed by atoms with Crippen molar-refractivity contribution in [3.05, 3.63) is 0 Å². The maximum atomic E-state index is 13.8. The fourth-order valence-corrected chi connectivity index (χ4v) is 2.14. The molecule has 0 aromatic carbocycles. The number of alkyl halides is 1. The molecule has 0 N–H and O–H groups in total. The van der Waals surface area contributed by atoms with Crippen LogP contribution in [-0.2, 0) is 0 Å². The van der Waals surface area contributed by atoms with Crippen LogP contribution >= 0.6 is 0 Å². The molecule has 0 bridgehead atoms. The molecule has 1 rings (SSSR count). The average molecular weight is 158 g/mol. The number of hydrogen-bond acceptors (Lipinski definition) is 0. The summed E-state index contributed by atoms with van der Waals surface area (Å²) in [5, 5.41) is 0. The van der Waals surface area contributed by atoms with Crippen molar-refractivity contribution in [2.24, 2.45) is 5.41 Å².